The van der Waals surface area contributed by atoms with E-state index >= 15 is 0 Å². The highest BCUT2D eigenvalue weighted by molar-refractivity contribution is 7.09. The molecule has 1 rings (SSSR count). The van der Waals surface area contributed by atoms with Gasteiger partial charge in [-0.2, -0.15) is 0 Å². The minimum absolute atomic E-state index is 0.314. The Morgan fingerprint density at radius 3 is 2.56 bits per heavy atom. The molecule has 0 aliphatic rings. The molecule has 1 heterocycles. The second kappa shape index (κ2) is 5.43. The fourth-order valence-electron chi connectivity index (χ4n) is 1.14. The number of aromatic nitrogens is 1. The highest BCUT2D eigenvalue weighted by Crippen LogP contribution is 2.36. The van der Waals surface area contributed by atoms with Gasteiger partial charge in [0.1, 0.15) is 0 Å². The van der Waals surface area contributed by atoms with Crippen LogP contribution in [0.5, 0.6) is 0 Å². The van der Waals surface area contributed by atoms with E-state index < -0.39 is 8.32 Å². The lowest BCUT2D eigenvalue weighted by atomic mass is 10.2. The number of rotatable bonds is 5. The molecule has 1 aromatic heterocycles. The molecule has 0 aliphatic heterocycles. The maximum atomic E-state index is 6.11. The van der Waals surface area contributed by atoms with Crippen LogP contribution >= 0.6 is 11.3 Å². The molecule has 1 aromatic rings. The third-order valence-electron chi connectivity index (χ3n) is 3.29. The molecule has 0 saturated carbocycles. The summed E-state index contributed by atoms with van der Waals surface area (Å²) in [7, 11) is -1.54. The summed E-state index contributed by atoms with van der Waals surface area (Å²) >= 11 is 1.73. The van der Waals surface area contributed by atoms with Gasteiger partial charge in [0.05, 0.1) is 5.01 Å². The van der Waals surface area contributed by atoms with Crippen molar-refractivity contribution in [3.8, 4) is 0 Å². The van der Waals surface area contributed by atoms with Crippen molar-refractivity contribution in [2.24, 2.45) is 0 Å². The molecule has 0 unspecified atom stereocenters. The van der Waals surface area contributed by atoms with Gasteiger partial charge in [-0.25, -0.2) is 4.98 Å². The molecule has 0 bridgehead atoms. The molecule has 4 heteroatoms. The molecule has 0 fully saturated rings. The van der Waals surface area contributed by atoms with Gasteiger partial charge in [-0.15, -0.1) is 11.3 Å². The Labute approximate surface area is 104 Å². The van der Waals surface area contributed by atoms with Crippen LogP contribution in [0.1, 0.15) is 32.2 Å². The Kier molecular flexibility index (Phi) is 4.70. The summed E-state index contributed by atoms with van der Waals surface area (Å²) < 4.78 is 6.11. The molecule has 0 N–H and O–H groups in total. The van der Waals surface area contributed by atoms with Gasteiger partial charge in [-0.05, 0) is 24.6 Å². The Morgan fingerprint density at radius 1 is 1.38 bits per heavy atom. The van der Waals surface area contributed by atoms with Crippen molar-refractivity contribution < 1.29 is 4.43 Å². The SMILES string of the molecule is CC(C)(C)[Si](C)(C)OCCCc1nccs1. The van der Waals surface area contributed by atoms with E-state index in [1.165, 1.54) is 5.01 Å². The monoisotopic (exact) mass is 257 g/mol. The normalized spacial score (nSPS) is 13.1. The molecule has 2 nitrogen and oxygen atoms in total. The lowest BCUT2D eigenvalue weighted by Crippen LogP contribution is -2.41. The van der Waals surface area contributed by atoms with Crippen molar-refractivity contribution in [2.75, 3.05) is 6.61 Å². The number of nitrogens with zero attached hydrogens (tertiary/aromatic N) is 1. The summed E-state index contributed by atoms with van der Waals surface area (Å²) in [4.78, 5) is 4.27. The first kappa shape index (κ1) is 13.9. The first-order valence-corrected chi connectivity index (χ1v) is 9.64. The summed E-state index contributed by atoms with van der Waals surface area (Å²) in [6.45, 7) is 12.3. The summed E-state index contributed by atoms with van der Waals surface area (Å²) in [6, 6.07) is 0. The third kappa shape index (κ3) is 4.00. The van der Waals surface area contributed by atoms with Gasteiger partial charge in [0.15, 0.2) is 8.32 Å². The Morgan fingerprint density at radius 2 is 2.06 bits per heavy atom. The Balaban J connectivity index is 2.25. The van der Waals surface area contributed by atoms with Crippen LogP contribution in [0.15, 0.2) is 11.6 Å². The molecular weight excluding hydrogens is 234 g/mol. The fraction of sp³-hybridized carbons (Fsp3) is 0.750. The first-order valence-electron chi connectivity index (χ1n) is 5.85. The number of thiazole rings is 1. The van der Waals surface area contributed by atoms with E-state index in [-0.39, 0.29) is 0 Å². The van der Waals surface area contributed by atoms with Crippen molar-refractivity contribution in [1.29, 1.82) is 0 Å². The molecule has 0 amide bonds. The van der Waals surface area contributed by atoms with Gasteiger partial charge in [0.25, 0.3) is 0 Å². The smallest absolute Gasteiger partial charge is 0.191 e. The number of hydrogen-bond acceptors (Lipinski definition) is 3. The van der Waals surface area contributed by atoms with Crippen LogP contribution in [0, 0.1) is 0 Å². The molecule has 92 valence electrons. The van der Waals surface area contributed by atoms with Gasteiger partial charge >= 0.3 is 0 Å². The van der Waals surface area contributed by atoms with Crippen LogP contribution in [-0.4, -0.2) is 19.9 Å². The molecule has 16 heavy (non-hydrogen) atoms. The predicted molar refractivity (Wildman–Crippen MR) is 73.6 cm³/mol. The van der Waals surface area contributed by atoms with Gasteiger partial charge < -0.3 is 4.43 Å². The van der Waals surface area contributed by atoms with E-state index in [2.05, 4.69) is 38.8 Å². The molecule has 0 radical (unpaired) electrons. The third-order valence-corrected chi connectivity index (χ3v) is 8.67. The molecule has 0 spiro atoms. The van der Waals surface area contributed by atoms with E-state index in [0.717, 1.165) is 19.4 Å². The van der Waals surface area contributed by atoms with Crippen LogP contribution in [-0.2, 0) is 10.8 Å². The summed E-state index contributed by atoms with van der Waals surface area (Å²) in [5, 5.41) is 3.57. The van der Waals surface area contributed by atoms with Crippen molar-refractivity contribution in [3.05, 3.63) is 16.6 Å². The first-order chi connectivity index (χ1) is 7.33. The van der Waals surface area contributed by atoms with Crippen LogP contribution in [0.25, 0.3) is 0 Å². The van der Waals surface area contributed by atoms with E-state index in [1.807, 2.05) is 11.6 Å². The summed E-state index contributed by atoms with van der Waals surface area (Å²) in [6.07, 6.45) is 4.00. The van der Waals surface area contributed by atoms with Crippen molar-refractivity contribution >= 4 is 19.7 Å². The molecular formula is C12H23NOSSi. The minimum Gasteiger partial charge on any atom is -0.417 e. The predicted octanol–water partition coefficient (Wildman–Crippen LogP) is 4.10. The zero-order chi connectivity index (χ0) is 12.2. The van der Waals surface area contributed by atoms with Gasteiger partial charge in [-0.1, -0.05) is 20.8 Å². The van der Waals surface area contributed by atoms with Gasteiger partial charge in [0.2, 0.25) is 0 Å². The minimum atomic E-state index is -1.54. The summed E-state index contributed by atoms with van der Waals surface area (Å²) in [5.41, 5.74) is 0. The fourth-order valence-corrected chi connectivity index (χ4v) is 2.89. The molecule has 0 aromatic carbocycles. The Bertz CT molecular complexity index is 303. The maximum Gasteiger partial charge on any atom is 0.191 e. The van der Waals surface area contributed by atoms with Crippen LogP contribution in [0.3, 0.4) is 0 Å². The zero-order valence-corrected chi connectivity index (χ0v) is 12.9. The van der Waals surface area contributed by atoms with Gasteiger partial charge in [0, 0.05) is 24.6 Å². The van der Waals surface area contributed by atoms with E-state index in [0.29, 0.717) is 5.04 Å². The van der Waals surface area contributed by atoms with E-state index in [4.69, 9.17) is 4.43 Å². The lowest BCUT2D eigenvalue weighted by molar-refractivity contribution is 0.282. The highest BCUT2D eigenvalue weighted by Gasteiger charge is 2.36. The number of hydrogen-bond donors (Lipinski definition) is 0. The van der Waals surface area contributed by atoms with E-state index in [9.17, 15) is 0 Å². The highest BCUT2D eigenvalue weighted by atomic mass is 32.1. The maximum absolute atomic E-state index is 6.11. The van der Waals surface area contributed by atoms with Crippen LogP contribution in [0.4, 0.5) is 0 Å². The second-order valence-corrected chi connectivity index (χ2v) is 11.4. The molecule has 0 saturated heterocycles. The zero-order valence-electron chi connectivity index (χ0n) is 11.0. The average Bonchev–Trinajstić information content (AvgIpc) is 2.63. The lowest BCUT2D eigenvalue weighted by Gasteiger charge is -2.36. The van der Waals surface area contributed by atoms with Crippen molar-refractivity contribution in [1.82, 2.24) is 4.98 Å². The Hall–Kier alpha value is -0.193. The van der Waals surface area contributed by atoms with Crippen molar-refractivity contribution in [3.63, 3.8) is 0 Å². The molecule has 0 aliphatic carbocycles. The summed E-state index contributed by atoms with van der Waals surface area (Å²) in [5.74, 6) is 0. The van der Waals surface area contributed by atoms with Crippen molar-refractivity contribution in [2.45, 2.75) is 51.7 Å². The second-order valence-electron chi connectivity index (χ2n) is 5.64. The van der Waals surface area contributed by atoms with Crippen LogP contribution < -0.4 is 0 Å². The average molecular weight is 257 g/mol. The quantitative estimate of drug-likeness (QED) is 0.585. The molecule has 0 atom stereocenters. The topological polar surface area (TPSA) is 22.1 Å². The largest absolute Gasteiger partial charge is 0.417 e. The standard InChI is InChI=1S/C12H23NOSSi/c1-12(2,3)16(4,5)14-9-6-7-11-13-8-10-15-11/h8,10H,6-7,9H2,1-5H3. The number of aryl methyl sites for hydroxylation is 1. The van der Waals surface area contributed by atoms with Crippen LogP contribution in [0.2, 0.25) is 18.1 Å². The van der Waals surface area contributed by atoms with Gasteiger partial charge in [-0.3, -0.25) is 0 Å². The van der Waals surface area contributed by atoms with E-state index in [1.54, 1.807) is 11.3 Å².